The van der Waals surface area contributed by atoms with E-state index in [9.17, 15) is 8.78 Å². The summed E-state index contributed by atoms with van der Waals surface area (Å²) in [7, 11) is 0. The van der Waals surface area contributed by atoms with Crippen molar-refractivity contribution < 1.29 is 8.78 Å². The lowest BCUT2D eigenvalue weighted by atomic mass is 10.1. The SMILES string of the molecule is CCC1=CC=CC=CC1(F)F. The summed E-state index contributed by atoms with van der Waals surface area (Å²) < 4.78 is 25.9. The Morgan fingerprint density at radius 2 is 2.00 bits per heavy atom. The molecule has 1 rings (SSSR count). The molecule has 11 heavy (non-hydrogen) atoms. The first-order valence-electron chi connectivity index (χ1n) is 3.60. The monoisotopic (exact) mass is 156 g/mol. The van der Waals surface area contributed by atoms with Crippen molar-refractivity contribution >= 4 is 0 Å². The number of rotatable bonds is 1. The van der Waals surface area contributed by atoms with Crippen LogP contribution in [0.1, 0.15) is 13.3 Å². The summed E-state index contributed by atoms with van der Waals surface area (Å²) >= 11 is 0. The Bertz CT molecular complexity index is 222. The third kappa shape index (κ3) is 1.76. The van der Waals surface area contributed by atoms with Crippen molar-refractivity contribution in [3.63, 3.8) is 0 Å². The van der Waals surface area contributed by atoms with Crippen LogP contribution in [0.4, 0.5) is 8.78 Å². The van der Waals surface area contributed by atoms with Crippen LogP contribution in [-0.4, -0.2) is 5.92 Å². The minimum Gasteiger partial charge on any atom is -0.197 e. The number of alkyl halides is 2. The smallest absolute Gasteiger partial charge is 0.197 e. The second kappa shape index (κ2) is 2.99. The van der Waals surface area contributed by atoms with Crippen LogP contribution in [0.15, 0.2) is 36.0 Å². The topological polar surface area (TPSA) is 0 Å². The van der Waals surface area contributed by atoms with Gasteiger partial charge in [-0.05, 0) is 12.5 Å². The average Bonchev–Trinajstić information content (AvgIpc) is 2.10. The summed E-state index contributed by atoms with van der Waals surface area (Å²) in [4.78, 5) is 0. The van der Waals surface area contributed by atoms with E-state index in [0.29, 0.717) is 6.42 Å². The van der Waals surface area contributed by atoms with Crippen LogP contribution in [-0.2, 0) is 0 Å². The Labute approximate surface area is 64.9 Å². The number of allylic oxidation sites excluding steroid dienone is 6. The Hall–Kier alpha value is -0.920. The highest BCUT2D eigenvalue weighted by atomic mass is 19.3. The molecular weight excluding hydrogens is 146 g/mol. The molecule has 0 amide bonds. The number of halogens is 2. The molecule has 1 aliphatic rings. The molecule has 0 aliphatic heterocycles. The quantitative estimate of drug-likeness (QED) is 0.547. The van der Waals surface area contributed by atoms with Crippen LogP contribution in [0, 0.1) is 0 Å². The molecule has 1 aliphatic carbocycles. The van der Waals surface area contributed by atoms with Crippen molar-refractivity contribution in [1.82, 2.24) is 0 Å². The Morgan fingerprint density at radius 1 is 1.27 bits per heavy atom. The van der Waals surface area contributed by atoms with Gasteiger partial charge in [-0.3, -0.25) is 0 Å². The zero-order valence-corrected chi connectivity index (χ0v) is 6.35. The maximum atomic E-state index is 12.9. The van der Waals surface area contributed by atoms with Gasteiger partial charge in [-0.2, -0.15) is 8.78 Å². The predicted octanol–water partition coefficient (Wildman–Crippen LogP) is 3.08. The van der Waals surface area contributed by atoms with Gasteiger partial charge in [0.25, 0.3) is 5.92 Å². The van der Waals surface area contributed by atoms with Gasteiger partial charge in [0.2, 0.25) is 0 Å². The third-order valence-electron chi connectivity index (χ3n) is 1.63. The molecule has 0 saturated carbocycles. The molecule has 0 saturated heterocycles. The van der Waals surface area contributed by atoms with E-state index in [1.807, 2.05) is 0 Å². The molecule has 0 heterocycles. The largest absolute Gasteiger partial charge is 0.288 e. The summed E-state index contributed by atoms with van der Waals surface area (Å²) in [6.07, 6.45) is 7.40. The second-order valence-electron chi connectivity index (χ2n) is 2.41. The molecule has 0 atom stereocenters. The van der Waals surface area contributed by atoms with Crippen molar-refractivity contribution in [3.8, 4) is 0 Å². The summed E-state index contributed by atoms with van der Waals surface area (Å²) in [6.45, 7) is 1.73. The van der Waals surface area contributed by atoms with Gasteiger partial charge in [0, 0.05) is 5.57 Å². The third-order valence-corrected chi connectivity index (χ3v) is 1.63. The highest BCUT2D eigenvalue weighted by Crippen LogP contribution is 2.29. The summed E-state index contributed by atoms with van der Waals surface area (Å²) in [5.74, 6) is -2.75. The van der Waals surface area contributed by atoms with Crippen molar-refractivity contribution in [2.24, 2.45) is 0 Å². The van der Waals surface area contributed by atoms with Crippen molar-refractivity contribution in [1.29, 1.82) is 0 Å². The lowest BCUT2D eigenvalue weighted by Gasteiger charge is -2.12. The molecule has 0 aromatic heterocycles. The summed E-state index contributed by atoms with van der Waals surface area (Å²) in [5, 5.41) is 0. The van der Waals surface area contributed by atoms with Crippen LogP contribution in [0.25, 0.3) is 0 Å². The van der Waals surface area contributed by atoms with E-state index in [-0.39, 0.29) is 5.57 Å². The molecule has 0 N–H and O–H groups in total. The summed E-state index contributed by atoms with van der Waals surface area (Å²) in [6, 6.07) is 0. The maximum absolute atomic E-state index is 12.9. The molecular formula is C9H10F2. The van der Waals surface area contributed by atoms with Gasteiger partial charge in [0.1, 0.15) is 0 Å². The fourth-order valence-corrected chi connectivity index (χ4v) is 0.984. The van der Waals surface area contributed by atoms with E-state index in [1.54, 1.807) is 19.1 Å². The standard InChI is InChI=1S/C9H10F2/c1-2-8-6-4-3-5-7-9(8,10)11/h3-7H,2H2,1H3. The average molecular weight is 156 g/mol. The minimum atomic E-state index is -2.75. The molecule has 2 heteroatoms. The molecule has 0 aromatic rings. The lowest BCUT2D eigenvalue weighted by molar-refractivity contribution is 0.0940. The Kier molecular flexibility index (Phi) is 2.22. The van der Waals surface area contributed by atoms with E-state index in [1.165, 1.54) is 12.2 Å². The van der Waals surface area contributed by atoms with Crippen molar-refractivity contribution in [2.45, 2.75) is 19.3 Å². The van der Waals surface area contributed by atoms with E-state index in [2.05, 4.69) is 0 Å². The van der Waals surface area contributed by atoms with Gasteiger partial charge < -0.3 is 0 Å². The minimum absolute atomic E-state index is 0.169. The molecule has 0 bridgehead atoms. The van der Waals surface area contributed by atoms with E-state index in [0.717, 1.165) is 6.08 Å². The second-order valence-corrected chi connectivity index (χ2v) is 2.41. The number of hydrogen-bond acceptors (Lipinski definition) is 0. The van der Waals surface area contributed by atoms with Gasteiger partial charge in [-0.15, -0.1) is 0 Å². The van der Waals surface area contributed by atoms with E-state index >= 15 is 0 Å². The summed E-state index contributed by atoms with van der Waals surface area (Å²) in [5.41, 5.74) is 0.169. The zero-order chi connectivity index (χ0) is 8.32. The molecule has 0 spiro atoms. The van der Waals surface area contributed by atoms with Gasteiger partial charge in [-0.25, -0.2) is 0 Å². The van der Waals surface area contributed by atoms with Crippen LogP contribution < -0.4 is 0 Å². The van der Waals surface area contributed by atoms with Crippen molar-refractivity contribution in [2.75, 3.05) is 0 Å². The highest BCUT2D eigenvalue weighted by molar-refractivity contribution is 5.30. The normalized spacial score (nSPS) is 21.2. The van der Waals surface area contributed by atoms with Gasteiger partial charge in [-0.1, -0.05) is 31.2 Å². The van der Waals surface area contributed by atoms with Crippen LogP contribution in [0.5, 0.6) is 0 Å². The van der Waals surface area contributed by atoms with Crippen molar-refractivity contribution in [3.05, 3.63) is 36.0 Å². The molecule has 60 valence electrons. The highest BCUT2D eigenvalue weighted by Gasteiger charge is 2.28. The van der Waals surface area contributed by atoms with Gasteiger partial charge >= 0.3 is 0 Å². The molecule has 0 aromatic carbocycles. The Balaban J connectivity index is 2.95. The first-order valence-corrected chi connectivity index (χ1v) is 3.60. The number of hydrogen-bond donors (Lipinski definition) is 0. The molecule has 0 radical (unpaired) electrons. The molecule has 0 nitrogen and oxygen atoms in total. The van der Waals surface area contributed by atoms with Crippen LogP contribution >= 0.6 is 0 Å². The van der Waals surface area contributed by atoms with E-state index < -0.39 is 5.92 Å². The predicted molar refractivity (Wildman–Crippen MR) is 41.6 cm³/mol. The van der Waals surface area contributed by atoms with E-state index in [4.69, 9.17) is 0 Å². The first-order chi connectivity index (χ1) is 5.17. The Morgan fingerprint density at radius 3 is 2.64 bits per heavy atom. The molecule has 0 fully saturated rings. The fourth-order valence-electron chi connectivity index (χ4n) is 0.984. The van der Waals surface area contributed by atoms with Crippen LogP contribution in [0.2, 0.25) is 0 Å². The first kappa shape index (κ1) is 8.18. The van der Waals surface area contributed by atoms with Crippen LogP contribution in [0.3, 0.4) is 0 Å². The molecule has 0 unspecified atom stereocenters. The fraction of sp³-hybridized carbons (Fsp3) is 0.333. The zero-order valence-electron chi connectivity index (χ0n) is 6.35. The van der Waals surface area contributed by atoms with Gasteiger partial charge in [0.15, 0.2) is 0 Å². The van der Waals surface area contributed by atoms with Gasteiger partial charge in [0.05, 0.1) is 0 Å². The maximum Gasteiger partial charge on any atom is 0.288 e. The lowest BCUT2D eigenvalue weighted by Crippen LogP contribution is -2.14.